The summed E-state index contributed by atoms with van der Waals surface area (Å²) < 4.78 is 30.6. The van der Waals surface area contributed by atoms with Gasteiger partial charge >= 0.3 is 0 Å². The molecule has 4 rings (SSSR count). The maximum absolute atomic E-state index is 12.6. The summed E-state index contributed by atoms with van der Waals surface area (Å²) in [4.78, 5) is 12.6. The van der Waals surface area contributed by atoms with E-state index in [1.807, 2.05) is 60.8 Å². The number of rotatable bonds is 6. The Morgan fingerprint density at radius 3 is 2.50 bits per heavy atom. The highest BCUT2D eigenvalue weighted by Crippen LogP contribution is 2.27. The number of carbonyl (C=O) groups is 1. The summed E-state index contributed by atoms with van der Waals surface area (Å²) in [6.45, 7) is 1.76. The van der Waals surface area contributed by atoms with Crippen LogP contribution < -0.4 is 10.1 Å². The van der Waals surface area contributed by atoms with Crippen molar-refractivity contribution in [2.45, 2.75) is 18.9 Å². The van der Waals surface area contributed by atoms with Crippen molar-refractivity contribution in [3.05, 3.63) is 72.4 Å². The second-order valence-corrected chi connectivity index (χ2v) is 10.4. The highest BCUT2D eigenvalue weighted by atomic mass is 32.2. The van der Waals surface area contributed by atoms with Crippen LogP contribution in [0.4, 0.5) is 0 Å². The monoisotopic (exact) mass is 451 g/mol. The number of sulfone groups is 1. The van der Waals surface area contributed by atoms with Gasteiger partial charge in [-0.2, -0.15) is 5.10 Å². The molecule has 2 aromatic carbocycles. The topological polar surface area (TPSA) is 90.3 Å². The maximum Gasteiger partial charge on any atom is 0.244 e. The van der Waals surface area contributed by atoms with E-state index in [0.29, 0.717) is 6.42 Å². The lowest BCUT2D eigenvalue weighted by Crippen LogP contribution is -2.46. The molecule has 1 N–H and O–H groups in total. The average molecular weight is 452 g/mol. The Morgan fingerprint density at radius 2 is 1.88 bits per heavy atom. The van der Waals surface area contributed by atoms with Crippen molar-refractivity contribution in [1.82, 2.24) is 15.1 Å². The van der Waals surface area contributed by atoms with Gasteiger partial charge in [-0.1, -0.05) is 18.2 Å². The molecule has 166 valence electrons. The van der Waals surface area contributed by atoms with Crippen LogP contribution in [-0.4, -0.2) is 48.3 Å². The number of nitrogens with zero attached hydrogens (tertiary/aromatic N) is 2. The lowest BCUT2D eigenvalue weighted by atomic mass is 10.0. The van der Waals surface area contributed by atoms with Gasteiger partial charge in [-0.15, -0.1) is 0 Å². The van der Waals surface area contributed by atoms with Gasteiger partial charge in [0.15, 0.2) is 9.84 Å². The van der Waals surface area contributed by atoms with E-state index in [2.05, 4.69) is 5.32 Å². The smallest absolute Gasteiger partial charge is 0.244 e. The number of ether oxygens (including phenoxy) is 1. The number of hydrogen-bond acceptors (Lipinski definition) is 5. The minimum atomic E-state index is -3.10. The predicted molar refractivity (Wildman–Crippen MR) is 124 cm³/mol. The van der Waals surface area contributed by atoms with E-state index in [0.717, 1.165) is 28.3 Å². The number of hydrogen-bond donors (Lipinski definition) is 1. The van der Waals surface area contributed by atoms with Gasteiger partial charge in [0.1, 0.15) is 5.75 Å². The summed E-state index contributed by atoms with van der Waals surface area (Å²) in [7, 11) is -1.49. The molecule has 0 bridgehead atoms. The van der Waals surface area contributed by atoms with E-state index >= 15 is 0 Å². The normalized spacial score (nSPS) is 19.8. The van der Waals surface area contributed by atoms with E-state index in [1.54, 1.807) is 24.8 Å². The molecule has 2 heterocycles. The molecule has 1 amide bonds. The van der Waals surface area contributed by atoms with Crippen molar-refractivity contribution in [1.29, 1.82) is 0 Å². The third-order valence-electron chi connectivity index (χ3n) is 5.47. The van der Waals surface area contributed by atoms with Crippen LogP contribution >= 0.6 is 0 Å². The van der Waals surface area contributed by atoms with E-state index in [-0.39, 0.29) is 17.4 Å². The molecule has 1 aromatic heterocycles. The molecule has 1 atom stereocenters. The fourth-order valence-electron chi connectivity index (χ4n) is 3.81. The Kier molecular flexibility index (Phi) is 5.88. The molecule has 0 spiro atoms. The van der Waals surface area contributed by atoms with Gasteiger partial charge in [0.25, 0.3) is 0 Å². The minimum Gasteiger partial charge on any atom is -0.497 e. The van der Waals surface area contributed by atoms with E-state index < -0.39 is 15.4 Å². The number of carbonyl (C=O) groups excluding carboxylic acids is 1. The van der Waals surface area contributed by atoms with Crippen LogP contribution in [0.3, 0.4) is 0 Å². The van der Waals surface area contributed by atoms with E-state index in [4.69, 9.17) is 9.84 Å². The van der Waals surface area contributed by atoms with Crippen LogP contribution in [0, 0.1) is 0 Å². The Hall–Kier alpha value is -3.39. The molecule has 1 aliphatic rings. The molecule has 8 heteroatoms. The van der Waals surface area contributed by atoms with Gasteiger partial charge < -0.3 is 10.1 Å². The molecule has 1 unspecified atom stereocenters. The lowest BCUT2D eigenvalue weighted by molar-refractivity contribution is -0.117. The van der Waals surface area contributed by atoms with Gasteiger partial charge in [-0.25, -0.2) is 13.1 Å². The summed E-state index contributed by atoms with van der Waals surface area (Å²) >= 11 is 0. The van der Waals surface area contributed by atoms with E-state index in [1.165, 1.54) is 6.08 Å². The molecule has 3 aromatic rings. The molecule has 32 heavy (non-hydrogen) atoms. The fraction of sp³-hybridized carbons (Fsp3) is 0.250. The Labute approximate surface area is 187 Å². The van der Waals surface area contributed by atoms with Crippen molar-refractivity contribution in [2.24, 2.45) is 0 Å². The number of para-hydroxylation sites is 1. The third-order valence-corrected chi connectivity index (χ3v) is 7.37. The highest BCUT2D eigenvalue weighted by Gasteiger charge is 2.39. The molecule has 7 nitrogen and oxygen atoms in total. The second-order valence-electron chi connectivity index (χ2n) is 8.17. The average Bonchev–Trinajstić information content (AvgIpc) is 3.33. The zero-order chi connectivity index (χ0) is 22.8. The molecular weight excluding hydrogens is 426 g/mol. The van der Waals surface area contributed by atoms with Crippen LogP contribution in [0.15, 0.2) is 66.9 Å². The van der Waals surface area contributed by atoms with Crippen LogP contribution in [-0.2, 0) is 14.6 Å². The summed E-state index contributed by atoms with van der Waals surface area (Å²) in [5, 5.41) is 7.58. The van der Waals surface area contributed by atoms with Crippen LogP contribution in [0.5, 0.6) is 5.75 Å². The van der Waals surface area contributed by atoms with Gasteiger partial charge in [-0.05, 0) is 55.8 Å². The van der Waals surface area contributed by atoms with Gasteiger partial charge in [0.2, 0.25) is 5.91 Å². The number of amides is 1. The van der Waals surface area contributed by atoms with Crippen LogP contribution in [0.1, 0.15) is 18.9 Å². The largest absolute Gasteiger partial charge is 0.497 e. The number of aromatic nitrogens is 2. The van der Waals surface area contributed by atoms with Crippen LogP contribution in [0.25, 0.3) is 23.0 Å². The number of methoxy groups -OCH3 is 1. The fourth-order valence-corrected chi connectivity index (χ4v) is 5.90. The Bertz CT molecular complexity index is 1250. The van der Waals surface area contributed by atoms with Crippen molar-refractivity contribution in [2.75, 3.05) is 18.6 Å². The zero-order valence-corrected chi connectivity index (χ0v) is 18.8. The van der Waals surface area contributed by atoms with Gasteiger partial charge in [0.05, 0.1) is 35.5 Å². The van der Waals surface area contributed by atoms with Crippen molar-refractivity contribution >= 4 is 21.8 Å². The summed E-state index contributed by atoms with van der Waals surface area (Å²) in [5.41, 5.74) is 2.52. The number of nitrogens with one attached hydrogen (secondary N) is 1. The minimum absolute atomic E-state index is 0.0391. The van der Waals surface area contributed by atoms with Crippen molar-refractivity contribution < 1.29 is 17.9 Å². The van der Waals surface area contributed by atoms with E-state index in [9.17, 15) is 13.2 Å². The Balaban J connectivity index is 1.62. The molecule has 0 radical (unpaired) electrons. The first-order chi connectivity index (χ1) is 15.3. The Morgan fingerprint density at radius 1 is 1.16 bits per heavy atom. The van der Waals surface area contributed by atoms with Gasteiger partial charge in [0, 0.05) is 23.4 Å². The summed E-state index contributed by atoms with van der Waals surface area (Å²) in [5.74, 6) is 0.465. The first-order valence-electron chi connectivity index (χ1n) is 10.3. The van der Waals surface area contributed by atoms with Crippen LogP contribution in [0.2, 0.25) is 0 Å². The zero-order valence-electron chi connectivity index (χ0n) is 18.0. The summed E-state index contributed by atoms with van der Waals surface area (Å²) in [6, 6.07) is 17.3. The third kappa shape index (κ3) is 4.91. The molecule has 0 aliphatic carbocycles. The molecule has 1 aliphatic heterocycles. The number of benzene rings is 2. The quantitative estimate of drug-likeness (QED) is 0.581. The molecule has 1 fully saturated rings. The molecular formula is C24H25N3O4S. The lowest BCUT2D eigenvalue weighted by Gasteiger charge is -2.22. The first kappa shape index (κ1) is 21.8. The standard InChI is InChI=1S/C24H25N3O4S/c1-24(14-15-32(29,30)17-24)25-22(28)13-10-19-16-27(20-6-4-3-5-7-20)26-23(19)18-8-11-21(31-2)12-9-18/h3-13,16H,14-15,17H2,1-2H3,(H,25,28)/b13-10+. The van der Waals surface area contributed by atoms with Gasteiger partial charge in [-0.3, -0.25) is 4.79 Å². The SMILES string of the molecule is COc1ccc(-c2nn(-c3ccccc3)cc2/C=C/C(=O)NC2(C)CCS(=O)(=O)C2)cc1. The van der Waals surface area contributed by atoms with Crippen molar-refractivity contribution in [3.8, 4) is 22.7 Å². The predicted octanol–water partition coefficient (Wildman–Crippen LogP) is 3.25. The highest BCUT2D eigenvalue weighted by molar-refractivity contribution is 7.91. The molecule has 0 saturated carbocycles. The maximum atomic E-state index is 12.6. The summed E-state index contributed by atoms with van der Waals surface area (Å²) in [6.07, 6.45) is 5.40. The second kappa shape index (κ2) is 8.63. The first-order valence-corrected chi connectivity index (χ1v) is 12.1. The van der Waals surface area contributed by atoms with Crippen molar-refractivity contribution in [3.63, 3.8) is 0 Å². The molecule has 1 saturated heterocycles.